The number of alkyl carbamates (subject to hydrolysis) is 1. The average molecular weight is 492 g/mol. The molecule has 0 saturated carbocycles. The Labute approximate surface area is 206 Å². The fraction of sp³-hybridized carbons (Fsp3) is 0.192. The second-order valence-corrected chi connectivity index (χ2v) is 7.62. The summed E-state index contributed by atoms with van der Waals surface area (Å²) in [7, 11) is 0. The van der Waals surface area contributed by atoms with Gasteiger partial charge in [0.2, 0.25) is 0 Å². The molecule has 0 saturated heterocycles. The molecule has 3 aromatic rings. The molecule has 1 atom stereocenters. The van der Waals surface area contributed by atoms with Crippen LogP contribution in [0.15, 0.2) is 84.9 Å². The number of hydrogen-bond donors (Lipinski definition) is 1. The molecule has 10 nitrogen and oxygen atoms in total. The number of nitro groups is 1. The van der Waals surface area contributed by atoms with E-state index in [-0.39, 0.29) is 37.5 Å². The fourth-order valence-corrected chi connectivity index (χ4v) is 3.07. The first-order valence-corrected chi connectivity index (χ1v) is 11.0. The summed E-state index contributed by atoms with van der Waals surface area (Å²) < 4.78 is 15.7. The summed E-state index contributed by atoms with van der Waals surface area (Å²) >= 11 is 0. The highest BCUT2D eigenvalue weighted by Gasteiger charge is 2.25. The van der Waals surface area contributed by atoms with Crippen LogP contribution in [0.1, 0.15) is 24.0 Å². The van der Waals surface area contributed by atoms with Gasteiger partial charge in [-0.15, -0.1) is 0 Å². The van der Waals surface area contributed by atoms with E-state index >= 15 is 0 Å². The van der Waals surface area contributed by atoms with Crippen molar-refractivity contribution in [3.63, 3.8) is 0 Å². The maximum absolute atomic E-state index is 12.7. The summed E-state index contributed by atoms with van der Waals surface area (Å²) in [6.45, 7) is -0.00913. The molecular formula is C26H24N2O8. The van der Waals surface area contributed by atoms with E-state index < -0.39 is 29.0 Å². The van der Waals surface area contributed by atoms with E-state index in [9.17, 15) is 24.5 Å². The van der Waals surface area contributed by atoms with Gasteiger partial charge in [0.25, 0.3) is 5.69 Å². The zero-order valence-corrected chi connectivity index (χ0v) is 19.2. The van der Waals surface area contributed by atoms with Crippen molar-refractivity contribution < 1.29 is 33.5 Å². The van der Waals surface area contributed by atoms with E-state index in [0.717, 1.165) is 11.1 Å². The molecule has 0 aliphatic carbocycles. The van der Waals surface area contributed by atoms with Crippen LogP contribution in [-0.2, 0) is 32.3 Å². The van der Waals surface area contributed by atoms with Crippen LogP contribution in [0.5, 0.6) is 5.75 Å². The van der Waals surface area contributed by atoms with E-state index in [1.54, 1.807) is 48.5 Å². The zero-order valence-electron chi connectivity index (χ0n) is 19.2. The lowest BCUT2D eigenvalue weighted by Crippen LogP contribution is -2.42. The average Bonchev–Trinajstić information content (AvgIpc) is 2.90. The van der Waals surface area contributed by atoms with Crippen LogP contribution in [0.25, 0.3) is 0 Å². The zero-order chi connectivity index (χ0) is 25.8. The second-order valence-electron chi connectivity index (χ2n) is 7.62. The standard InChI is InChI=1S/C26H24N2O8/c29-24(36-22-13-11-21(12-14-22)28(32)33)16-15-23(25(30)34-17-19-7-3-1-4-8-19)27-26(31)35-18-20-9-5-2-6-10-20/h1-14,23H,15-18H2,(H,27,31). The van der Waals surface area contributed by atoms with Gasteiger partial charge in [0.15, 0.2) is 0 Å². The molecule has 1 N–H and O–H groups in total. The lowest BCUT2D eigenvalue weighted by atomic mass is 10.1. The van der Waals surface area contributed by atoms with E-state index in [1.165, 1.54) is 24.3 Å². The van der Waals surface area contributed by atoms with Gasteiger partial charge in [-0.2, -0.15) is 0 Å². The molecule has 1 amide bonds. The minimum Gasteiger partial charge on any atom is -0.459 e. The molecule has 0 bridgehead atoms. The van der Waals surface area contributed by atoms with Gasteiger partial charge in [0, 0.05) is 18.6 Å². The third kappa shape index (κ3) is 8.56. The number of esters is 2. The van der Waals surface area contributed by atoms with E-state index in [2.05, 4.69) is 5.32 Å². The largest absolute Gasteiger partial charge is 0.459 e. The van der Waals surface area contributed by atoms with Crippen molar-refractivity contribution >= 4 is 23.7 Å². The summed E-state index contributed by atoms with van der Waals surface area (Å²) in [6, 6.07) is 21.8. The molecule has 1 unspecified atom stereocenters. The van der Waals surface area contributed by atoms with E-state index in [4.69, 9.17) is 14.2 Å². The number of non-ortho nitro benzene ring substituents is 1. The molecular weight excluding hydrogens is 468 g/mol. The Morgan fingerprint density at radius 1 is 0.806 bits per heavy atom. The van der Waals surface area contributed by atoms with Gasteiger partial charge in [-0.05, 0) is 29.7 Å². The Morgan fingerprint density at radius 3 is 1.92 bits per heavy atom. The third-order valence-corrected chi connectivity index (χ3v) is 4.93. The van der Waals surface area contributed by atoms with Crippen molar-refractivity contribution in [1.82, 2.24) is 5.32 Å². The van der Waals surface area contributed by atoms with Crippen LogP contribution >= 0.6 is 0 Å². The lowest BCUT2D eigenvalue weighted by molar-refractivity contribution is -0.384. The number of nitrogens with one attached hydrogen (secondary N) is 1. The predicted octanol–water partition coefficient (Wildman–Crippen LogP) is 4.32. The minimum absolute atomic E-state index is 0.000637. The highest BCUT2D eigenvalue weighted by Crippen LogP contribution is 2.18. The van der Waals surface area contributed by atoms with Gasteiger partial charge < -0.3 is 19.5 Å². The number of carbonyl (C=O) groups excluding carboxylic acids is 3. The molecule has 0 fully saturated rings. The van der Waals surface area contributed by atoms with Crippen LogP contribution in [0.4, 0.5) is 10.5 Å². The summed E-state index contributed by atoms with van der Waals surface area (Å²) in [5.41, 5.74) is 1.38. The second kappa shape index (κ2) is 13.2. The molecule has 10 heteroatoms. The molecule has 0 aliphatic rings. The number of hydrogen-bond acceptors (Lipinski definition) is 8. The fourth-order valence-electron chi connectivity index (χ4n) is 3.07. The normalized spacial score (nSPS) is 11.1. The number of carbonyl (C=O) groups is 3. The van der Waals surface area contributed by atoms with Gasteiger partial charge in [-0.3, -0.25) is 14.9 Å². The van der Waals surface area contributed by atoms with Crippen molar-refractivity contribution in [3.8, 4) is 5.75 Å². The number of nitro benzene ring substituents is 1. The molecule has 0 spiro atoms. The Morgan fingerprint density at radius 2 is 1.36 bits per heavy atom. The van der Waals surface area contributed by atoms with E-state index in [1.807, 2.05) is 12.1 Å². The number of amides is 1. The number of rotatable bonds is 11. The van der Waals surface area contributed by atoms with Crippen LogP contribution in [0.3, 0.4) is 0 Å². The Balaban J connectivity index is 1.57. The van der Waals surface area contributed by atoms with Crippen molar-refractivity contribution in [2.75, 3.05) is 0 Å². The summed E-state index contributed by atoms with van der Waals surface area (Å²) in [6.07, 6.45) is -1.19. The topological polar surface area (TPSA) is 134 Å². The van der Waals surface area contributed by atoms with Gasteiger partial charge in [-0.1, -0.05) is 60.7 Å². The highest BCUT2D eigenvalue weighted by atomic mass is 16.6. The first kappa shape index (κ1) is 25.9. The summed E-state index contributed by atoms with van der Waals surface area (Å²) in [5.74, 6) is -1.31. The summed E-state index contributed by atoms with van der Waals surface area (Å²) in [5, 5.41) is 13.2. The van der Waals surface area contributed by atoms with Crippen molar-refractivity contribution in [2.45, 2.75) is 32.1 Å². The van der Waals surface area contributed by atoms with Gasteiger partial charge in [0.05, 0.1) is 4.92 Å². The number of benzene rings is 3. The minimum atomic E-state index is -1.17. The molecule has 186 valence electrons. The maximum Gasteiger partial charge on any atom is 0.408 e. The maximum atomic E-state index is 12.7. The van der Waals surface area contributed by atoms with Gasteiger partial charge in [-0.25, -0.2) is 9.59 Å². The predicted molar refractivity (Wildman–Crippen MR) is 128 cm³/mol. The third-order valence-electron chi connectivity index (χ3n) is 4.93. The number of nitrogens with zero attached hydrogens (tertiary/aromatic N) is 1. The monoisotopic (exact) mass is 492 g/mol. The van der Waals surface area contributed by atoms with E-state index in [0.29, 0.717) is 0 Å². The van der Waals surface area contributed by atoms with Crippen LogP contribution in [0.2, 0.25) is 0 Å². The highest BCUT2D eigenvalue weighted by molar-refractivity contribution is 5.82. The molecule has 0 heterocycles. The van der Waals surface area contributed by atoms with Crippen LogP contribution in [-0.4, -0.2) is 29.0 Å². The number of ether oxygens (including phenoxy) is 3. The molecule has 0 radical (unpaired) electrons. The van der Waals surface area contributed by atoms with Crippen molar-refractivity contribution in [1.29, 1.82) is 0 Å². The Kier molecular flexibility index (Phi) is 9.51. The molecule has 0 aliphatic heterocycles. The van der Waals surface area contributed by atoms with Crippen molar-refractivity contribution in [3.05, 3.63) is 106 Å². The SMILES string of the molecule is O=C(CCC(NC(=O)OCc1ccccc1)C(=O)OCc1ccccc1)Oc1ccc([N+](=O)[O-])cc1. The molecule has 3 rings (SSSR count). The van der Waals surface area contributed by atoms with Crippen LogP contribution in [0, 0.1) is 10.1 Å². The van der Waals surface area contributed by atoms with Crippen LogP contribution < -0.4 is 10.1 Å². The molecule has 0 aromatic heterocycles. The molecule has 3 aromatic carbocycles. The lowest BCUT2D eigenvalue weighted by Gasteiger charge is -2.17. The Hall–Kier alpha value is -4.73. The van der Waals surface area contributed by atoms with Crippen molar-refractivity contribution in [2.24, 2.45) is 0 Å². The van der Waals surface area contributed by atoms with Gasteiger partial charge in [0.1, 0.15) is 25.0 Å². The first-order chi connectivity index (χ1) is 17.4. The molecule has 36 heavy (non-hydrogen) atoms. The summed E-state index contributed by atoms with van der Waals surface area (Å²) in [4.78, 5) is 47.5. The van der Waals surface area contributed by atoms with Gasteiger partial charge >= 0.3 is 18.0 Å². The Bertz CT molecular complexity index is 1170. The first-order valence-electron chi connectivity index (χ1n) is 11.0. The quantitative estimate of drug-likeness (QED) is 0.181. The smallest absolute Gasteiger partial charge is 0.408 e.